The second kappa shape index (κ2) is 6.95. The van der Waals surface area contributed by atoms with Crippen molar-refractivity contribution in [3.8, 4) is 0 Å². The molecule has 0 atom stereocenters. The van der Waals surface area contributed by atoms with Gasteiger partial charge in [-0.15, -0.1) is 0 Å². The van der Waals surface area contributed by atoms with Gasteiger partial charge in [-0.2, -0.15) is 0 Å². The molecular weight excluding hydrogens is 116 g/mol. The zero-order chi connectivity index (χ0) is 6.95. The lowest BCUT2D eigenvalue weighted by atomic mass is 10.4. The third-order valence-electron chi connectivity index (χ3n) is 0.700. The molecule has 0 bridgehead atoms. The van der Waals surface area contributed by atoms with Crippen molar-refractivity contribution in [2.24, 2.45) is 0 Å². The van der Waals surface area contributed by atoms with Crippen molar-refractivity contribution in [1.29, 1.82) is 0 Å². The Labute approximate surface area is 54.8 Å². The average Bonchev–Trinajstić information content (AvgIpc) is 1.89. The molecule has 0 amide bonds. The molecule has 2 nitrogen and oxygen atoms in total. The maximum absolute atomic E-state index is 9.56. The first-order valence-corrected chi connectivity index (χ1v) is 2.75. The molecule has 0 aliphatic heterocycles. The molecule has 0 N–H and O–H groups in total. The van der Waals surface area contributed by atoms with Crippen LogP contribution in [0.4, 0.5) is 0 Å². The van der Waals surface area contributed by atoms with Crippen LogP contribution in [0.3, 0.4) is 0 Å². The molecule has 0 saturated carbocycles. The maximum atomic E-state index is 9.56. The van der Waals surface area contributed by atoms with Crippen LogP contribution < -0.4 is 0 Å². The van der Waals surface area contributed by atoms with E-state index in [9.17, 15) is 4.79 Å². The van der Waals surface area contributed by atoms with E-state index >= 15 is 0 Å². The molecule has 0 saturated heterocycles. The predicted molar refractivity (Wildman–Crippen MR) is 36.0 cm³/mol. The van der Waals surface area contributed by atoms with Gasteiger partial charge in [-0.05, 0) is 13.0 Å². The molecule has 0 heterocycles. The van der Waals surface area contributed by atoms with E-state index in [1.165, 1.54) is 0 Å². The van der Waals surface area contributed by atoms with E-state index in [0.29, 0.717) is 13.1 Å². The number of hydrogen-bond donors (Lipinski definition) is 0. The largest absolute Gasteiger partial charge is 0.464 e. The molecule has 0 aliphatic rings. The fourth-order valence-electron chi connectivity index (χ4n) is 0.340. The molecule has 0 rings (SSSR count). The number of hydrogen-bond acceptors (Lipinski definition) is 2. The highest BCUT2D eigenvalue weighted by molar-refractivity contribution is 5.37. The molecule has 0 aromatic carbocycles. The lowest BCUT2D eigenvalue weighted by Gasteiger charge is -1.85. The summed E-state index contributed by atoms with van der Waals surface area (Å²) in [5, 5.41) is 0. The van der Waals surface area contributed by atoms with Gasteiger partial charge in [-0.1, -0.05) is 18.2 Å². The summed E-state index contributed by atoms with van der Waals surface area (Å²) in [4.78, 5) is 9.56. The van der Waals surface area contributed by atoms with Gasteiger partial charge in [-0.3, -0.25) is 4.79 Å². The number of ether oxygens (including phenoxy) is 1. The van der Waals surface area contributed by atoms with Gasteiger partial charge in [0.05, 0.1) is 0 Å². The van der Waals surface area contributed by atoms with E-state index < -0.39 is 0 Å². The summed E-state index contributed by atoms with van der Waals surface area (Å²) < 4.78 is 4.38. The topological polar surface area (TPSA) is 26.3 Å². The highest BCUT2D eigenvalue weighted by Crippen LogP contribution is 1.76. The Bertz CT molecular complexity index is 114. The van der Waals surface area contributed by atoms with Crippen LogP contribution in [0.2, 0.25) is 0 Å². The molecule has 0 unspecified atom stereocenters. The van der Waals surface area contributed by atoms with Crippen LogP contribution in [-0.4, -0.2) is 13.1 Å². The third kappa shape index (κ3) is 6.95. The van der Waals surface area contributed by atoms with E-state index in [2.05, 4.69) is 4.74 Å². The van der Waals surface area contributed by atoms with Crippen molar-refractivity contribution in [1.82, 2.24) is 0 Å². The zero-order valence-corrected chi connectivity index (χ0v) is 5.41. The summed E-state index contributed by atoms with van der Waals surface area (Å²) in [7, 11) is 0. The Morgan fingerprint density at radius 1 is 1.44 bits per heavy atom. The van der Waals surface area contributed by atoms with Crippen molar-refractivity contribution in [2.45, 2.75) is 6.92 Å². The van der Waals surface area contributed by atoms with E-state index in [0.717, 1.165) is 0 Å². The number of rotatable bonds is 4. The van der Waals surface area contributed by atoms with E-state index in [-0.39, 0.29) is 0 Å². The van der Waals surface area contributed by atoms with Crippen LogP contribution in [0.25, 0.3) is 0 Å². The maximum Gasteiger partial charge on any atom is 0.293 e. The van der Waals surface area contributed by atoms with Crippen LogP contribution in [-0.2, 0) is 9.53 Å². The summed E-state index contributed by atoms with van der Waals surface area (Å²) in [6, 6.07) is 0. The molecule has 0 aromatic heterocycles. The van der Waals surface area contributed by atoms with Gasteiger partial charge in [0.2, 0.25) is 0 Å². The molecule has 50 valence electrons. The Kier molecular flexibility index (Phi) is 6.14. The molecular formula is C7H10O2. The Balaban J connectivity index is 3.14. The van der Waals surface area contributed by atoms with E-state index in [1.807, 2.05) is 25.2 Å². The molecule has 0 aromatic rings. The highest BCUT2D eigenvalue weighted by atomic mass is 16.5. The second-order valence-corrected chi connectivity index (χ2v) is 1.38. The van der Waals surface area contributed by atoms with Gasteiger partial charge in [-0.25, -0.2) is 0 Å². The van der Waals surface area contributed by atoms with E-state index in [4.69, 9.17) is 0 Å². The van der Waals surface area contributed by atoms with Gasteiger partial charge in [0.25, 0.3) is 6.47 Å². The second-order valence-electron chi connectivity index (χ2n) is 1.38. The van der Waals surface area contributed by atoms with Crippen LogP contribution in [0.5, 0.6) is 0 Å². The quantitative estimate of drug-likeness (QED) is 0.322. The third-order valence-corrected chi connectivity index (χ3v) is 0.700. The van der Waals surface area contributed by atoms with E-state index in [1.54, 1.807) is 6.08 Å². The molecule has 9 heavy (non-hydrogen) atoms. The normalized spacial score (nSPS) is 10.8. The summed E-state index contributed by atoms with van der Waals surface area (Å²) in [5.74, 6) is 0. The lowest BCUT2D eigenvalue weighted by Crippen LogP contribution is -1.84. The monoisotopic (exact) mass is 126 g/mol. The summed E-state index contributed by atoms with van der Waals surface area (Å²) in [6.07, 6.45) is 7.35. The Morgan fingerprint density at radius 2 is 2.22 bits per heavy atom. The minimum atomic E-state index is 0.355. The first-order valence-electron chi connectivity index (χ1n) is 2.75. The van der Waals surface area contributed by atoms with Crippen LogP contribution >= 0.6 is 0 Å². The first-order chi connectivity index (χ1) is 4.41. The molecule has 0 aliphatic carbocycles. The van der Waals surface area contributed by atoms with Crippen molar-refractivity contribution >= 4 is 6.47 Å². The smallest absolute Gasteiger partial charge is 0.293 e. The fraction of sp³-hybridized carbons (Fsp3) is 0.286. The highest BCUT2D eigenvalue weighted by Gasteiger charge is 1.70. The fourth-order valence-corrected chi connectivity index (χ4v) is 0.340. The summed E-state index contributed by atoms with van der Waals surface area (Å²) in [5.41, 5.74) is 0. The SMILES string of the molecule is C/C=C/C=C/COC=O. The number of carbonyl (C=O) groups excluding carboxylic acids is 1. The Morgan fingerprint density at radius 3 is 2.78 bits per heavy atom. The molecule has 2 heteroatoms. The average molecular weight is 126 g/mol. The van der Waals surface area contributed by atoms with Crippen molar-refractivity contribution < 1.29 is 9.53 Å². The minimum Gasteiger partial charge on any atom is -0.464 e. The van der Waals surface area contributed by atoms with Crippen LogP contribution in [0.15, 0.2) is 24.3 Å². The first kappa shape index (κ1) is 7.95. The van der Waals surface area contributed by atoms with Crippen molar-refractivity contribution in [2.75, 3.05) is 6.61 Å². The van der Waals surface area contributed by atoms with Crippen LogP contribution in [0, 0.1) is 0 Å². The van der Waals surface area contributed by atoms with Gasteiger partial charge < -0.3 is 4.74 Å². The molecule has 0 spiro atoms. The van der Waals surface area contributed by atoms with Crippen LogP contribution in [0.1, 0.15) is 6.92 Å². The van der Waals surface area contributed by atoms with Gasteiger partial charge >= 0.3 is 0 Å². The molecule has 0 radical (unpaired) electrons. The predicted octanol–water partition coefficient (Wildman–Crippen LogP) is 1.29. The van der Waals surface area contributed by atoms with Crippen molar-refractivity contribution in [3.05, 3.63) is 24.3 Å². The zero-order valence-electron chi connectivity index (χ0n) is 5.41. The summed E-state index contributed by atoms with van der Waals surface area (Å²) in [6.45, 7) is 2.71. The standard InChI is InChI=1S/C7H10O2/c1-2-3-4-5-6-9-7-8/h2-5,7H,6H2,1H3/b3-2+,5-4+. The Hall–Kier alpha value is -1.05. The van der Waals surface area contributed by atoms with Gasteiger partial charge in [0.1, 0.15) is 6.61 Å². The lowest BCUT2D eigenvalue weighted by molar-refractivity contribution is -0.127. The van der Waals surface area contributed by atoms with Gasteiger partial charge in [0, 0.05) is 0 Å². The number of allylic oxidation sites excluding steroid dienone is 3. The minimum absolute atomic E-state index is 0.355. The summed E-state index contributed by atoms with van der Waals surface area (Å²) >= 11 is 0. The van der Waals surface area contributed by atoms with Crippen molar-refractivity contribution in [3.63, 3.8) is 0 Å². The number of carbonyl (C=O) groups is 1. The molecule has 0 fully saturated rings. The van der Waals surface area contributed by atoms with Gasteiger partial charge in [0.15, 0.2) is 0 Å².